The van der Waals surface area contributed by atoms with E-state index in [1.54, 1.807) is 11.8 Å². The summed E-state index contributed by atoms with van der Waals surface area (Å²) in [6.45, 7) is 0. The number of hydrogen-bond acceptors (Lipinski definition) is 2. The minimum absolute atomic E-state index is 0.218. The zero-order valence-corrected chi connectivity index (χ0v) is 10.7. The Morgan fingerprint density at radius 2 is 2.07 bits per heavy atom. The van der Waals surface area contributed by atoms with Gasteiger partial charge in [-0.2, -0.15) is 11.8 Å². The molecule has 0 amide bonds. The van der Waals surface area contributed by atoms with Crippen molar-refractivity contribution in [3.05, 3.63) is 33.4 Å². The molecular formula is C11H11IOS. The van der Waals surface area contributed by atoms with Gasteiger partial charge in [-0.1, -0.05) is 12.1 Å². The minimum atomic E-state index is 0.218. The molecule has 0 saturated carbocycles. The Morgan fingerprint density at radius 1 is 1.36 bits per heavy atom. The van der Waals surface area contributed by atoms with Crippen molar-refractivity contribution in [3.8, 4) is 0 Å². The van der Waals surface area contributed by atoms with Crippen LogP contribution in [0.3, 0.4) is 0 Å². The molecule has 14 heavy (non-hydrogen) atoms. The Balaban J connectivity index is 2.14. The first kappa shape index (κ1) is 10.5. The summed E-state index contributed by atoms with van der Waals surface area (Å²) < 4.78 is 1.18. The van der Waals surface area contributed by atoms with Gasteiger partial charge in [0.15, 0.2) is 5.78 Å². The number of rotatable bonds is 2. The first-order chi connectivity index (χ1) is 6.77. The van der Waals surface area contributed by atoms with Gasteiger partial charge in [-0.15, -0.1) is 0 Å². The van der Waals surface area contributed by atoms with Gasteiger partial charge in [0.2, 0.25) is 0 Å². The third-order valence-corrected chi connectivity index (χ3v) is 4.45. The summed E-state index contributed by atoms with van der Waals surface area (Å²) in [5, 5.41) is 0.218. The predicted octanol–water partition coefficient (Wildman–Crippen LogP) is 3.37. The van der Waals surface area contributed by atoms with Crippen molar-refractivity contribution in [2.45, 2.75) is 18.1 Å². The molecule has 1 nitrogen and oxygen atoms in total. The van der Waals surface area contributed by atoms with E-state index in [1.165, 1.54) is 9.99 Å². The Morgan fingerprint density at radius 3 is 2.64 bits per heavy atom. The van der Waals surface area contributed by atoms with E-state index >= 15 is 0 Å². The molecule has 0 radical (unpaired) electrons. The van der Waals surface area contributed by atoms with Gasteiger partial charge in [0, 0.05) is 9.13 Å². The Kier molecular flexibility index (Phi) is 3.49. The third-order valence-electron chi connectivity index (χ3n) is 2.35. The summed E-state index contributed by atoms with van der Waals surface area (Å²) in [6.07, 6.45) is 2.24. The summed E-state index contributed by atoms with van der Waals surface area (Å²) >= 11 is 4.05. The van der Waals surface area contributed by atoms with Gasteiger partial charge in [-0.05, 0) is 53.3 Å². The normalized spacial score (nSPS) is 21.1. The molecule has 1 heterocycles. The van der Waals surface area contributed by atoms with Crippen molar-refractivity contribution >= 4 is 40.1 Å². The van der Waals surface area contributed by atoms with Crippen molar-refractivity contribution in [3.63, 3.8) is 0 Å². The molecule has 1 aliphatic heterocycles. The number of carbonyl (C=O) groups is 1. The molecule has 1 aromatic carbocycles. The molecule has 3 heteroatoms. The van der Waals surface area contributed by atoms with Crippen LogP contribution in [-0.4, -0.2) is 16.8 Å². The van der Waals surface area contributed by atoms with Gasteiger partial charge >= 0.3 is 0 Å². The molecule has 0 N–H and O–H groups in total. The highest BCUT2D eigenvalue weighted by Crippen LogP contribution is 2.29. The second kappa shape index (κ2) is 4.66. The van der Waals surface area contributed by atoms with Gasteiger partial charge < -0.3 is 0 Å². The monoisotopic (exact) mass is 318 g/mol. The molecule has 0 aromatic heterocycles. The SMILES string of the molecule is O=C(c1ccc(I)cc1)C1CCCS1. The standard InChI is InChI=1S/C11H11IOS/c12-9-5-3-8(4-6-9)11(13)10-2-1-7-14-10/h3-6,10H,1-2,7H2. The molecule has 2 rings (SSSR count). The van der Waals surface area contributed by atoms with E-state index < -0.39 is 0 Å². The molecule has 1 aliphatic rings. The summed E-state index contributed by atoms with van der Waals surface area (Å²) in [7, 11) is 0. The summed E-state index contributed by atoms with van der Waals surface area (Å²) in [6, 6.07) is 7.85. The van der Waals surface area contributed by atoms with Crippen molar-refractivity contribution in [2.24, 2.45) is 0 Å². The van der Waals surface area contributed by atoms with Crippen LogP contribution in [0, 0.1) is 3.57 Å². The zero-order valence-electron chi connectivity index (χ0n) is 7.70. The number of halogens is 1. The number of ketones is 1. The van der Waals surface area contributed by atoms with Crippen LogP contribution < -0.4 is 0 Å². The van der Waals surface area contributed by atoms with E-state index in [1.807, 2.05) is 24.3 Å². The third kappa shape index (κ3) is 2.31. The Hall–Kier alpha value is -0.0300. The molecule has 1 aromatic rings. The lowest BCUT2D eigenvalue weighted by Crippen LogP contribution is -2.13. The van der Waals surface area contributed by atoms with Gasteiger partial charge in [-0.25, -0.2) is 0 Å². The topological polar surface area (TPSA) is 17.1 Å². The lowest BCUT2D eigenvalue weighted by Gasteiger charge is -2.06. The molecule has 0 aliphatic carbocycles. The smallest absolute Gasteiger partial charge is 0.175 e. The summed E-state index contributed by atoms with van der Waals surface area (Å²) in [5.41, 5.74) is 0.866. The lowest BCUT2D eigenvalue weighted by molar-refractivity contribution is 0.0988. The maximum absolute atomic E-state index is 11.9. The molecule has 1 unspecified atom stereocenters. The number of thioether (sulfide) groups is 1. The summed E-state index contributed by atoms with van der Waals surface area (Å²) in [5.74, 6) is 1.45. The van der Waals surface area contributed by atoms with Gasteiger partial charge in [-0.3, -0.25) is 4.79 Å². The second-order valence-electron chi connectivity index (χ2n) is 3.37. The van der Waals surface area contributed by atoms with E-state index in [-0.39, 0.29) is 5.25 Å². The van der Waals surface area contributed by atoms with Crippen LogP contribution in [0.15, 0.2) is 24.3 Å². The fourth-order valence-corrected chi connectivity index (χ4v) is 3.18. The van der Waals surface area contributed by atoms with Crippen LogP contribution in [0.4, 0.5) is 0 Å². The number of hydrogen-bond donors (Lipinski definition) is 0. The van der Waals surface area contributed by atoms with Crippen LogP contribution >= 0.6 is 34.4 Å². The molecule has 0 bridgehead atoms. The Labute approximate surface area is 102 Å². The highest BCUT2D eigenvalue weighted by molar-refractivity contribution is 14.1. The number of carbonyl (C=O) groups excluding carboxylic acids is 1. The maximum atomic E-state index is 11.9. The van der Waals surface area contributed by atoms with Crippen LogP contribution in [0.1, 0.15) is 23.2 Å². The number of Topliss-reactive ketones (excluding diaryl/α,β-unsaturated/α-hetero) is 1. The van der Waals surface area contributed by atoms with Gasteiger partial charge in [0.05, 0.1) is 5.25 Å². The quantitative estimate of drug-likeness (QED) is 0.614. The Bertz CT molecular complexity index is 328. The number of benzene rings is 1. The van der Waals surface area contributed by atoms with Crippen molar-refractivity contribution in [2.75, 3.05) is 5.75 Å². The average Bonchev–Trinajstić information content (AvgIpc) is 2.71. The molecule has 1 saturated heterocycles. The first-order valence-corrected chi connectivity index (χ1v) is 6.81. The molecule has 74 valence electrons. The van der Waals surface area contributed by atoms with E-state index in [0.717, 1.165) is 17.7 Å². The first-order valence-electron chi connectivity index (χ1n) is 4.69. The van der Waals surface area contributed by atoms with Gasteiger partial charge in [0.25, 0.3) is 0 Å². The highest BCUT2D eigenvalue weighted by Gasteiger charge is 2.24. The van der Waals surface area contributed by atoms with Gasteiger partial charge in [0.1, 0.15) is 0 Å². The average molecular weight is 318 g/mol. The highest BCUT2D eigenvalue weighted by atomic mass is 127. The van der Waals surface area contributed by atoms with E-state index in [4.69, 9.17) is 0 Å². The zero-order chi connectivity index (χ0) is 9.97. The summed E-state index contributed by atoms with van der Waals surface area (Å²) in [4.78, 5) is 11.9. The van der Waals surface area contributed by atoms with Crippen molar-refractivity contribution in [1.82, 2.24) is 0 Å². The molecule has 1 fully saturated rings. The minimum Gasteiger partial charge on any atom is -0.293 e. The second-order valence-corrected chi connectivity index (χ2v) is 5.93. The lowest BCUT2D eigenvalue weighted by atomic mass is 10.1. The van der Waals surface area contributed by atoms with E-state index in [2.05, 4.69) is 22.6 Å². The van der Waals surface area contributed by atoms with E-state index in [0.29, 0.717) is 5.78 Å². The van der Waals surface area contributed by atoms with Crippen LogP contribution in [0.2, 0.25) is 0 Å². The van der Waals surface area contributed by atoms with Crippen LogP contribution in [0.25, 0.3) is 0 Å². The largest absolute Gasteiger partial charge is 0.293 e. The van der Waals surface area contributed by atoms with E-state index in [9.17, 15) is 4.79 Å². The molecular weight excluding hydrogens is 307 g/mol. The van der Waals surface area contributed by atoms with Crippen LogP contribution in [-0.2, 0) is 0 Å². The molecule has 1 atom stereocenters. The fourth-order valence-electron chi connectivity index (χ4n) is 1.58. The molecule has 0 spiro atoms. The maximum Gasteiger partial charge on any atom is 0.175 e. The predicted molar refractivity (Wildman–Crippen MR) is 69.0 cm³/mol. The fraction of sp³-hybridized carbons (Fsp3) is 0.364. The van der Waals surface area contributed by atoms with Crippen molar-refractivity contribution < 1.29 is 4.79 Å². The van der Waals surface area contributed by atoms with Crippen LogP contribution in [0.5, 0.6) is 0 Å². The van der Waals surface area contributed by atoms with Crippen molar-refractivity contribution in [1.29, 1.82) is 0 Å².